The maximum Gasteiger partial charge on any atom is 0.417 e. The molecule has 0 bridgehead atoms. The Morgan fingerprint density at radius 2 is 1.73 bits per heavy atom. The minimum Gasteiger partial charge on any atom is -0.492 e. The average molecular weight is 555 g/mol. The zero-order valence-corrected chi connectivity index (χ0v) is 22.0. The molecule has 0 spiro atoms. The molecule has 0 aromatic heterocycles. The normalized spacial score (nSPS) is 21.4. The van der Waals surface area contributed by atoms with Gasteiger partial charge in [-0.15, -0.1) is 0 Å². The Kier molecular flexibility index (Phi) is 7.08. The van der Waals surface area contributed by atoms with Gasteiger partial charge in [0.2, 0.25) is 0 Å². The molecule has 2 heterocycles. The van der Waals surface area contributed by atoms with Crippen molar-refractivity contribution in [3.05, 3.63) is 76.9 Å². The lowest BCUT2D eigenvalue weighted by molar-refractivity contribution is -0.141. The van der Waals surface area contributed by atoms with Crippen LogP contribution in [0.25, 0.3) is 11.1 Å². The van der Waals surface area contributed by atoms with E-state index >= 15 is 0 Å². The van der Waals surface area contributed by atoms with E-state index in [0.717, 1.165) is 23.6 Å². The predicted molar refractivity (Wildman–Crippen MR) is 140 cm³/mol. The molecular formula is C31H29F3O6. The largest absolute Gasteiger partial charge is 0.492 e. The van der Waals surface area contributed by atoms with Gasteiger partial charge in [-0.1, -0.05) is 24.3 Å². The van der Waals surface area contributed by atoms with Gasteiger partial charge in [-0.05, 0) is 59.4 Å². The van der Waals surface area contributed by atoms with E-state index in [0.29, 0.717) is 61.0 Å². The van der Waals surface area contributed by atoms with Crippen molar-refractivity contribution in [3.63, 3.8) is 0 Å². The Labute approximate surface area is 229 Å². The molecule has 1 fully saturated rings. The molecule has 2 aliphatic heterocycles. The molecule has 40 heavy (non-hydrogen) atoms. The summed E-state index contributed by atoms with van der Waals surface area (Å²) in [7, 11) is 1.36. The maximum atomic E-state index is 14.1. The van der Waals surface area contributed by atoms with Crippen LogP contribution in [0.1, 0.15) is 53.5 Å². The molecule has 9 heteroatoms. The van der Waals surface area contributed by atoms with Crippen LogP contribution in [-0.4, -0.2) is 39.0 Å². The van der Waals surface area contributed by atoms with Crippen molar-refractivity contribution in [1.82, 2.24) is 0 Å². The summed E-state index contributed by atoms with van der Waals surface area (Å²) in [6, 6.07) is 15.0. The van der Waals surface area contributed by atoms with Crippen molar-refractivity contribution >= 4 is 5.97 Å². The van der Waals surface area contributed by atoms with Gasteiger partial charge in [0, 0.05) is 24.0 Å². The molecule has 0 unspecified atom stereocenters. The van der Waals surface area contributed by atoms with E-state index in [1.165, 1.54) is 13.2 Å². The Hall–Kier alpha value is -3.72. The third-order valence-electron chi connectivity index (χ3n) is 7.78. The summed E-state index contributed by atoms with van der Waals surface area (Å²) in [4.78, 5) is 11.7. The van der Waals surface area contributed by atoms with E-state index in [1.807, 2.05) is 12.1 Å². The maximum absolute atomic E-state index is 14.1. The second-order valence-corrected chi connectivity index (χ2v) is 10.3. The van der Waals surface area contributed by atoms with Crippen molar-refractivity contribution in [2.75, 3.05) is 26.9 Å². The number of fused-ring (bicyclic) bond motifs is 2. The number of halogens is 3. The summed E-state index contributed by atoms with van der Waals surface area (Å²) in [6.07, 6.45) is -2.92. The fraction of sp³-hybridized carbons (Fsp3) is 0.387. The van der Waals surface area contributed by atoms with E-state index in [-0.39, 0.29) is 30.0 Å². The predicted octanol–water partition coefficient (Wildman–Crippen LogP) is 6.65. The van der Waals surface area contributed by atoms with Crippen LogP contribution in [0, 0.1) is 0 Å². The van der Waals surface area contributed by atoms with Crippen LogP contribution >= 0.6 is 0 Å². The molecule has 0 saturated carbocycles. The lowest BCUT2D eigenvalue weighted by Gasteiger charge is -2.20. The minimum atomic E-state index is -4.50. The molecule has 6 nitrogen and oxygen atoms in total. The van der Waals surface area contributed by atoms with Crippen LogP contribution in [0.15, 0.2) is 54.6 Å². The summed E-state index contributed by atoms with van der Waals surface area (Å²) in [5, 5.41) is 0. The van der Waals surface area contributed by atoms with Crippen LogP contribution < -0.4 is 14.2 Å². The third-order valence-corrected chi connectivity index (χ3v) is 7.78. The zero-order chi connectivity index (χ0) is 27.9. The number of ether oxygens (including phenoxy) is 5. The number of hydrogen-bond acceptors (Lipinski definition) is 6. The second-order valence-electron chi connectivity index (χ2n) is 10.3. The quantitative estimate of drug-likeness (QED) is 0.305. The van der Waals surface area contributed by atoms with Gasteiger partial charge in [-0.25, -0.2) is 0 Å². The molecule has 3 aliphatic rings. The zero-order valence-electron chi connectivity index (χ0n) is 22.0. The van der Waals surface area contributed by atoms with Gasteiger partial charge < -0.3 is 23.7 Å². The van der Waals surface area contributed by atoms with E-state index in [1.54, 1.807) is 30.3 Å². The summed E-state index contributed by atoms with van der Waals surface area (Å²) >= 11 is 0. The summed E-state index contributed by atoms with van der Waals surface area (Å²) in [5.74, 6) is 1.42. The van der Waals surface area contributed by atoms with Gasteiger partial charge >= 0.3 is 12.1 Å². The van der Waals surface area contributed by atoms with E-state index in [9.17, 15) is 18.0 Å². The molecule has 3 atom stereocenters. The van der Waals surface area contributed by atoms with Crippen molar-refractivity contribution in [2.45, 2.75) is 50.0 Å². The molecule has 1 aliphatic carbocycles. The Morgan fingerprint density at radius 1 is 0.950 bits per heavy atom. The molecule has 1 saturated heterocycles. The van der Waals surface area contributed by atoms with Crippen LogP contribution in [-0.2, 0) is 26.9 Å². The molecule has 0 radical (unpaired) electrons. The number of carbonyl (C=O) groups excluding carboxylic acids is 1. The number of alkyl halides is 3. The monoisotopic (exact) mass is 554 g/mol. The van der Waals surface area contributed by atoms with Gasteiger partial charge in [-0.2, -0.15) is 13.2 Å². The van der Waals surface area contributed by atoms with Gasteiger partial charge in [0.1, 0.15) is 29.5 Å². The summed E-state index contributed by atoms with van der Waals surface area (Å²) < 4.78 is 70.5. The van der Waals surface area contributed by atoms with Gasteiger partial charge in [0.25, 0.3) is 0 Å². The Balaban J connectivity index is 1.26. The van der Waals surface area contributed by atoms with Crippen LogP contribution in [0.4, 0.5) is 13.2 Å². The van der Waals surface area contributed by atoms with E-state index in [4.69, 9.17) is 23.7 Å². The van der Waals surface area contributed by atoms with Crippen LogP contribution in [0.2, 0.25) is 0 Å². The molecular weight excluding hydrogens is 525 g/mol. The highest BCUT2D eigenvalue weighted by molar-refractivity contribution is 5.75. The number of methoxy groups -OCH3 is 1. The first kappa shape index (κ1) is 26.5. The fourth-order valence-electron chi connectivity index (χ4n) is 5.80. The molecule has 6 rings (SSSR count). The number of benzene rings is 3. The van der Waals surface area contributed by atoms with Crippen LogP contribution in [0.3, 0.4) is 0 Å². The Morgan fingerprint density at radius 3 is 2.45 bits per heavy atom. The SMILES string of the molecule is COC(=O)C[C@@H]1COc2cc(O[C@@H]3CCc4c3ccc(C(F)(F)F)c4-c3ccc(O[C@@H]4CCOC4)cc3)ccc21. The number of rotatable bonds is 7. The molecule has 210 valence electrons. The van der Waals surface area contributed by atoms with E-state index < -0.39 is 17.8 Å². The third kappa shape index (κ3) is 5.22. The standard InChI is InChI=1S/C31H29F3O6/c1-36-29(35)14-19-16-38-28-15-21(6-7-23(19)28)40-27-11-9-25-24(27)8-10-26(31(32,33)34)30(25)18-2-4-20(5-3-18)39-22-12-13-37-17-22/h2-8,10,15,19,22,27H,9,11-14,16-17H2,1H3/t19-,22-,27-/m1/s1. The van der Waals surface area contributed by atoms with Gasteiger partial charge in [0.15, 0.2) is 0 Å². The topological polar surface area (TPSA) is 63.2 Å². The second kappa shape index (κ2) is 10.7. The van der Waals surface area contributed by atoms with Crippen molar-refractivity contribution in [3.8, 4) is 28.4 Å². The molecule has 3 aromatic rings. The molecule has 0 N–H and O–H groups in total. The number of carbonyl (C=O) groups is 1. The molecule has 3 aromatic carbocycles. The highest BCUT2D eigenvalue weighted by Gasteiger charge is 2.38. The number of esters is 1. The summed E-state index contributed by atoms with van der Waals surface area (Å²) in [6.45, 7) is 1.53. The van der Waals surface area contributed by atoms with E-state index in [2.05, 4.69) is 0 Å². The number of hydrogen-bond donors (Lipinski definition) is 0. The van der Waals surface area contributed by atoms with Gasteiger partial charge in [-0.3, -0.25) is 4.79 Å². The van der Waals surface area contributed by atoms with Crippen molar-refractivity contribution < 1.29 is 41.7 Å². The highest BCUT2D eigenvalue weighted by atomic mass is 19.4. The fourth-order valence-corrected chi connectivity index (χ4v) is 5.80. The first-order valence-electron chi connectivity index (χ1n) is 13.4. The first-order chi connectivity index (χ1) is 19.3. The molecule has 0 amide bonds. The first-order valence-corrected chi connectivity index (χ1v) is 13.4. The lowest BCUT2D eigenvalue weighted by atomic mass is 9.91. The van der Waals surface area contributed by atoms with Crippen molar-refractivity contribution in [2.24, 2.45) is 0 Å². The van der Waals surface area contributed by atoms with Crippen LogP contribution in [0.5, 0.6) is 17.2 Å². The minimum absolute atomic E-state index is 0.0428. The average Bonchev–Trinajstić information content (AvgIpc) is 3.69. The van der Waals surface area contributed by atoms with Gasteiger partial charge in [0.05, 0.1) is 38.9 Å². The van der Waals surface area contributed by atoms with Crippen molar-refractivity contribution in [1.29, 1.82) is 0 Å². The lowest BCUT2D eigenvalue weighted by Crippen LogP contribution is -2.15. The Bertz CT molecular complexity index is 1400. The smallest absolute Gasteiger partial charge is 0.417 e. The highest BCUT2D eigenvalue weighted by Crippen LogP contribution is 2.47. The summed E-state index contributed by atoms with van der Waals surface area (Å²) in [5.41, 5.74) is 2.32.